The Kier molecular flexibility index (Phi) is 3.59. The number of hydrogen-bond donors (Lipinski definition) is 1. The summed E-state index contributed by atoms with van der Waals surface area (Å²) in [5.74, 6) is -3.82. The zero-order chi connectivity index (χ0) is 18.6. The lowest BCUT2D eigenvalue weighted by Crippen LogP contribution is -2.48. The number of esters is 1. The van der Waals surface area contributed by atoms with E-state index in [1.807, 2.05) is 0 Å². The number of imide groups is 1. The van der Waals surface area contributed by atoms with Gasteiger partial charge in [-0.1, -0.05) is 6.07 Å². The van der Waals surface area contributed by atoms with Gasteiger partial charge in [0.15, 0.2) is 5.71 Å². The van der Waals surface area contributed by atoms with Crippen LogP contribution in [-0.2, 0) is 25.3 Å². The Balaban J connectivity index is 2.04. The topological polar surface area (TPSA) is 88.1 Å². The van der Waals surface area contributed by atoms with Crippen LogP contribution in [0.3, 0.4) is 0 Å². The maximum Gasteiger partial charge on any atom is 0.416 e. The first-order chi connectivity index (χ1) is 11.6. The van der Waals surface area contributed by atoms with Crippen LogP contribution < -0.4 is 10.3 Å². The van der Waals surface area contributed by atoms with Crippen molar-refractivity contribution in [2.75, 3.05) is 12.0 Å². The van der Waals surface area contributed by atoms with Crippen LogP contribution in [0.4, 0.5) is 18.9 Å². The van der Waals surface area contributed by atoms with E-state index in [-0.39, 0.29) is 11.4 Å². The van der Waals surface area contributed by atoms with Crippen LogP contribution in [0, 0.1) is 5.92 Å². The predicted octanol–water partition coefficient (Wildman–Crippen LogP) is 1.09. The Labute approximate surface area is 139 Å². The summed E-state index contributed by atoms with van der Waals surface area (Å²) in [6.45, 7) is 1.35. The largest absolute Gasteiger partial charge is 0.464 e. The second kappa shape index (κ2) is 5.30. The molecule has 1 N–H and O–H groups in total. The van der Waals surface area contributed by atoms with Crippen LogP contribution in [0.5, 0.6) is 0 Å². The van der Waals surface area contributed by atoms with Gasteiger partial charge in [-0.3, -0.25) is 15.0 Å². The van der Waals surface area contributed by atoms with Crippen LogP contribution in [-0.4, -0.2) is 36.1 Å². The van der Waals surface area contributed by atoms with E-state index in [4.69, 9.17) is 0 Å². The zero-order valence-electron chi connectivity index (χ0n) is 13.0. The average molecular weight is 355 g/mol. The van der Waals surface area contributed by atoms with Gasteiger partial charge in [0, 0.05) is 0 Å². The lowest BCUT2D eigenvalue weighted by molar-refractivity contribution is -0.137. The fourth-order valence-electron chi connectivity index (χ4n) is 2.91. The molecule has 2 amide bonds. The van der Waals surface area contributed by atoms with Crippen LogP contribution in [0.2, 0.25) is 0 Å². The number of alkyl halides is 3. The number of nitrogens with zero attached hydrogens (tertiary/aromatic N) is 2. The van der Waals surface area contributed by atoms with Gasteiger partial charge in [0.05, 0.1) is 18.4 Å². The van der Waals surface area contributed by atoms with E-state index in [1.54, 1.807) is 0 Å². The molecule has 0 spiro atoms. The van der Waals surface area contributed by atoms with E-state index in [2.05, 4.69) is 15.3 Å². The molecule has 25 heavy (non-hydrogen) atoms. The van der Waals surface area contributed by atoms with Crippen LogP contribution in [0.1, 0.15) is 12.5 Å². The number of halogens is 3. The summed E-state index contributed by atoms with van der Waals surface area (Å²) in [4.78, 5) is 37.7. The number of ether oxygens (including phenoxy) is 1. The Morgan fingerprint density at radius 3 is 2.64 bits per heavy atom. The predicted molar refractivity (Wildman–Crippen MR) is 78.4 cm³/mol. The molecule has 1 aromatic rings. The molecule has 2 atom stereocenters. The summed E-state index contributed by atoms with van der Waals surface area (Å²) in [5, 5.41) is 3.69. The molecule has 1 saturated heterocycles. The summed E-state index contributed by atoms with van der Waals surface area (Å²) in [7, 11) is 1.09. The molecule has 0 unspecified atom stereocenters. The Morgan fingerprint density at radius 1 is 1.36 bits per heavy atom. The highest BCUT2D eigenvalue weighted by Gasteiger charge is 2.63. The Bertz CT molecular complexity index is 820. The van der Waals surface area contributed by atoms with Crippen LogP contribution in [0.15, 0.2) is 29.4 Å². The third-order valence-corrected chi connectivity index (χ3v) is 4.20. The molecule has 132 valence electrons. The maximum atomic E-state index is 12.9. The molecule has 0 radical (unpaired) electrons. The van der Waals surface area contributed by atoms with Crippen molar-refractivity contribution < 1.29 is 32.3 Å². The number of fused-ring (bicyclic) bond motifs is 1. The number of amides is 2. The summed E-state index contributed by atoms with van der Waals surface area (Å²) < 4.78 is 43.2. The third-order valence-electron chi connectivity index (χ3n) is 4.20. The van der Waals surface area contributed by atoms with Gasteiger partial charge in [-0.2, -0.15) is 18.3 Å². The van der Waals surface area contributed by atoms with E-state index in [0.29, 0.717) is 11.0 Å². The fourth-order valence-corrected chi connectivity index (χ4v) is 2.91. The molecular formula is C15H12F3N3O4. The van der Waals surface area contributed by atoms with Gasteiger partial charge in [0.1, 0.15) is 11.5 Å². The molecule has 1 fully saturated rings. The molecule has 3 rings (SSSR count). The first-order valence-electron chi connectivity index (χ1n) is 7.10. The smallest absolute Gasteiger partial charge is 0.416 e. The zero-order valence-corrected chi connectivity index (χ0v) is 13.0. The number of methoxy groups -OCH3 is 1. The second-order valence-electron chi connectivity index (χ2n) is 5.76. The van der Waals surface area contributed by atoms with E-state index >= 15 is 0 Å². The quantitative estimate of drug-likeness (QED) is 0.634. The number of rotatable bonds is 2. The minimum absolute atomic E-state index is 0.230. The average Bonchev–Trinajstić information content (AvgIpc) is 3.00. The molecule has 7 nitrogen and oxygen atoms in total. The molecule has 1 aromatic carbocycles. The van der Waals surface area contributed by atoms with Crippen molar-refractivity contribution >= 4 is 29.2 Å². The lowest BCUT2D eigenvalue weighted by atomic mass is 9.86. The van der Waals surface area contributed by atoms with Crippen molar-refractivity contribution in [1.82, 2.24) is 5.43 Å². The van der Waals surface area contributed by atoms with E-state index in [0.717, 1.165) is 19.2 Å². The van der Waals surface area contributed by atoms with Gasteiger partial charge < -0.3 is 4.74 Å². The number of hydrazone groups is 1. The molecule has 0 bridgehead atoms. The van der Waals surface area contributed by atoms with Crippen molar-refractivity contribution in [3.05, 3.63) is 29.8 Å². The van der Waals surface area contributed by atoms with E-state index in [1.165, 1.54) is 13.0 Å². The lowest BCUT2D eigenvalue weighted by Gasteiger charge is -2.20. The van der Waals surface area contributed by atoms with Crippen molar-refractivity contribution in [3.8, 4) is 0 Å². The number of hydrogen-bond acceptors (Lipinski definition) is 6. The van der Waals surface area contributed by atoms with Crippen molar-refractivity contribution in [2.24, 2.45) is 11.0 Å². The standard InChI is InChI=1S/C15H12F3N3O4/c1-14-9(10(19-20-14)12(23)25-2)11(22)21(13(14)24)8-5-3-4-7(6-8)15(16,17)18/h3-6,9,20H,1-2H3/t9-,14+/m0/s1. The Morgan fingerprint density at radius 2 is 2.04 bits per heavy atom. The molecule has 2 heterocycles. The number of anilines is 1. The van der Waals surface area contributed by atoms with E-state index < -0.39 is 41.0 Å². The first-order valence-corrected chi connectivity index (χ1v) is 7.10. The van der Waals surface area contributed by atoms with Crippen molar-refractivity contribution in [3.63, 3.8) is 0 Å². The first kappa shape index (κ1) is 16.9. The minimum Gasteiger partial charge on any atom is -0.464 e. The second-order valence-corrected chi connectivity index (χ2v) is 5.76. The van der Waals surface area contributed by atoms with Gasteiger partial charge >= 0.3 is 12.1 Å². The summed E-state index contributed by atoms with van der Waals surface area (Å²) >= 11 is 0. The number of benzene rings is 1. The third kappa shape index (κ3) is 2.36. The van der Waals surface area contributed by atoms with E-state index in [9.17, 15) is 27.6 Å². The summed E-state index contributed by atoms with van der Waals surface area (Å²) in [6.07, 6.45) is -4.63. The highest BCUT2D eigenvalue weighted by molar-refractivity contribution is 6.47. The maximum absolute atomic E-state index is 12.9. The van der Waals surface area contributed by atoms with Crippen molar-refractivity contribution in [1.29, 1.82) is 0 Å². The van der Waals surface area contributed by atoms with Crippen molar-refractivity contribution in [2.45, 2.75) is 18.6 Å². The molecule has 2 aliphatic heterocycles. The molecular weight excluding hydrogens is 343 g/mol. The molecule has 0 aromatic heterocycles. The monoisotopic (exact) mass is 355 g/mol. The van der Waals surface area contributed by atoms with Gasteiger partial charge in [0.2, 0.25) is 5.91 Å². The fraction of sp³-hybridized carbons (Fsp3) is 0.333. The van der Waals surface area contributed by atoms with Gasteiger partial charge in [-0.25, -0.2) is 9.69 Å². The molecule has 10 heteroatoms. The highest BCUT2D eigenvalue weighted by Crippen LogP contribution is 2.39. The number of nitrogens with one attached hydrogen (secondary N) is 1. The van der Waals surface area contributed by atoms with Gasteiger partial charge in [-0.05, 0) is 25.1 Å². The molecule has 0 saturated carbocycles. The van der Waals surface area contributed by atoms with Crippen LogP contribution in [0.25, 0.3) is 0 Å². The SMILES string of the molecule is COC(=O)C1=NN[C@@]2(C)C(=O)N(c3cccc(C(F)(F)F)c3)C(=O)[C@H]12. The highest BCUT2D eigenvalue weighted by atomic mass is 19.4. The van der Waals surface area contributed by atoms with Gasteiger partial charge in [-0.15, -0.1) is 0 Å². The normalized spacial score (nSPS) is 25.6. The summed E-state index contributed by atoms with van der Waals surface area (Å²) in [5.41, 5.74) is -0.644. The molecule has 2 aliphatic rings. The molecule has 0 aliphatic carbocycles. The number of carbonyl (C=O) groups excluding carboxylic acids is 3. The number of carbonyl (C=O) groups is 3. The summed E-state index contributed by atoms with van der Waals surface area (Å²) in [6, 6.07) is 3.84. The minimum atomic E-state index is -4.63. The van der Waals surface area contributed by atoms with Crippen LogP contribution >= 0.6 is 0 Å². The Hall–Kier alpha value is -2.91. The van der Waals surface area contributed by atoms with Gasteiger partial charge in [0.25, 0.3) is 5.91 Å².